The third-order valence-corrected chi connectivity index (χ3v) is 4.76. The molecule has 0 spiro atoms. The highest BCUT2D eigenvalue weighted by Crippen LogP contribution is 2.31. The van der Waals surface area contributed by atoms with Gasteiger partial charge in [-0.2, -0.15) is 13.2 Å². The number of halogens is 3. The van der Waals surface area contributed by atoms with Gasteiger partial charge in [-0.05, 0) is 31.5 Å². The number of amides is 1. The number of hydrogen-bond acceptors (Lipinski definition) is 4. The second-order valence-electron chi connectivity index (χ2n) is 5.62. The Morgan fingerprint density at radius 1 is 1.33 bits per heavy atom. The first-order valence-corrected chi connectivity index (χ1v) is 8.46. The molecule has 2 N–H and O–H groups in total. The lowest BCUT2D eigenvalue weighted by Gasteiger charge is -2.10. The molecule has 8 heteroatoms. The van der Waals surface area contributed by atoms with Crippen molar-refractivity contribution in [3.8, 4) is 10.6 Å². The van der Waals surface area contributed by atoms with Crippen molar-refractivity contribution in [1.29, 1.82) is 0 Å². The standard InChI is InChI=1S/C16H16F3N3OS/c17-16(18,19)11-5-3-10(4-6-11)15-22-13(9-24-15)14(23)21-8-12-2-1-7-20-12/h3-6,9,12,20H,1-2,7-8H2,(H,21,23). The van der Waals surface area contributed by atoms with Gasteiger partial charge in [-0.1, -0.05) is 12.1 Å². The van der Waals surface area contributed by atoms with Crippen molar-refractivity contribution in [3.63, 3.8) is 0 Å². The molecule has 0 aliphatic carbocycles. The third-order valence-electron chi connectivity index (χ3n) is 3.87. The number of aromatic nitrogens is 1. The quantitative estimate of drug-likeness (QED) is 0.885. The van der Waals surface area contributed by atoms with Gasteiger partial charge in [-0.3, -0.25) is 4.79 Å². The van der Waals surface area contributed by atoms with Crippen molar-refractivity contribution < 1.29 is 18.0 Å². The minimum Gasteiger partial charge on any atom is -0.349 e. The van der Waals surface area contributed by atoms with Gasteiger partial charge >= 0.3 is 6.18 Å². The molecule has 0 saturated carbocycles. The predicted octanol–water partition coefficient (Wildman–Crippen LogP) is 3.31. The second kappa shape index (κ2) is 6.90. The van der Waals surface area contributed by atoms with Crippen LogP contribution in [0.3, 0.4) is 0 Å². The summed E-state index contributed by atoms with van der Waals surface area (Å²) in [6.45, 7) is 1.52. The number of nitrogens with zero attached hydrogens (tertiary/aromatic N) is 1. The van der Waals surface area contributed by atoms with E-state index in [-0.39, 0.29) is 11.6 Å². The molecule has 24 heavy (non-hydrogen) atoms. The summed E-state index contributed by atoms with van der Waals surface area (Å²) in [5, 5.41) is 8.25. The summed E-state index contributed by atoms with van der Waals surface area (Å²) in [7, 11) is 0. The Morgan fingerprint density at radius 3 is 2.71 bits per heavy atom. The Kier molecular flexibility index (Phi) is 4.86. The van der Waals surface area contributed by atoms with Crippen LogP contribution in [0, 0.1) is 0 Å². The van der Waals surface area contributed by atoms with Crippen LogP contribution >= 0.6 is 11.3 Å². The third kappa shape index (κ3) is 3.93. The average molecular weight is 355 g/mol. The highest BCUT2D eigenvalue weighted by molar-refractivity contribution is 7.13. The Morgan fingerprint density at radius 2 is 2.08 bits per heavy atom. The van der Waals surface area contributed by atoms with Crippen LogP contribution in [0.4, 0.5) is 13.2 Å². The van der Waals surface area contributed by atoms with Crippen molar-refractivity contribution in [2.75, 3.05) is 13.1 Å². The maximum absolute atomic E-state index is 12.6. The maximum Gasteiger partial charge on any atom is 0.416 e. The Hall–Kier alpha value is -1.93. The number of thiazole rings is 1. The molecular formula is C16H16F3N3OS. The van der Waals surface area contributed by atoms with Gasteiger partial charge in [-0.15, -0.1) is 11.3 Å². The van der Waals surface area contributed by atoms with Crippen LogP contribution in [0.15, 0.2) is 29.6 Å². The number of hydrogen-bond donors (Lipinski definition) is 2. The summed E-state index contributed by atoms with van der Waals surface area (Å²) in [6, 6.07) is 5.06. The molecule has 2 heterocycles. The van der Waals surface area contributed by atoms with Gasteiger partial charge in [-0.25, -0.2) is 4.98 Å². The monoisotopic (exact) mass is 355 g/mol. The van der Waals surface area contributed by atoms with Gasteiger partial charge in [0.2, 0.25) is 0 Å². The number of nitrogens with one attached hydrogen (secondary N) is 2. The maximum atomic E-state index is 12.6. The molecule has 1 atom stereocenters. The minimum absolute atomic E-state index is 0.266. The van der Waals surface area contributed by atoms with E-state index in [1.165, 1.54) is 23.5 Å². The lowest BCUT2D eigenvalue weighted by molar-refractivity contribution is -0.137. The Labute approximate surface area is 141 Å². The molecule has 1 saturated heterocycles. The van der Waals surface area contributed by atoms with Crippen molar-refractivity contribution in [2.45, 2.75) is 25.1 Å². The first kappa shape index (κ1) is 16.9. The van der Waals surface area contributed by atoms with Gasteiger partial charge in [0, 0.05) is 23.5 Å². The first-order valence-electron chi connectivity index (χ1n) is 7.58. The van der Waals surface area contributed by atoms with E-state index < -0.39 is 11.7 Å². The highest BCUT2D eigenvalue weighted by atomic mass is 32.1. The molecule has 2 aromatic rings. The molecule has 3 rings (SSSR count). The Bertz CT molecular complexity index is 706. The molecule has 1 fully saturated rings. The molecular weight excluding hydrogens is 339 g/mol. The van der Waals surface area contributed by atoms with Gasteiger partial charge in [0.05, 0.1) is 5.56 Å². The van der Waals surface area contributed by atoms with E-state index in [0.717, 1.165) is 31.5 Å². The van der Waals surface area contributed by atoms with Crippen LogP contribution in [0.25, 0.3) is 10.6 Å². The molecule has 1 aromatic carbocycles. The zero-order valence-corrected chi connectivity index (χ0v) is 13.5. The number of alkyl halides is 3. The number of carbonyl (C=O) groups is 1. The van der Waals surface area contributed by atoms with Crippen LogP contribution < -0.4 is 10.6 Å². The summed E-state index contributed by atoms with van der Waals surface area (Å²) in [6.07, 6.45) is -2.22. The van der Waals surface area contributed by atoms with Gasteiger partial charge < -0.3 is 10.6 Å². The first-order chi connectivity index (χ1) is 11.4. The summed E-state index contributed by atoms with van der Waals surface area (Å²) in [5.74, 6) is -0.266. The van der Waals surface area contributed by atoms with Crippen LogP contribution in [0.5, 0.6) is 0 Å². The van der Waals surface area contributed by atoms with E-state index >= 15 is 0 Å². The summed E-state index contributed by atoms with van der Waals surface area (Å²) in [4.78, 5) is 16.3. The molecule has 0 bridgehead atoms. The van der Waals surface area contributed by atoms with Crippen LogP contribution in [0.2, 0.25) is 0 Å². The van der Waals surface area contributed by atoms with Crippen molar-refractivity contribution in [3.05, 3.63) is 40.9 Å². The predicted molar refractivity (Wildman–Crippen MR) is 85.9 cm³/mol. The van der Waals surface area contributed by atoms with Gasteiger partial charge in [0.25, 0.3) is 5.91 Å². The summed E-state index contributed by atoms with van der Waals surface area (Å²) < 4.78 is 37.7. The molecule has 0 radical (unpaired) electrons. The summed E-state index contributed by atoms with van der Waals surface area (Å²) in [5.41, 5.74) is 0.141. The van der Waals surface area contributed by atoms with Crippen LogP contribution in [0.1, 0.15) is 28.9 Å². The fourth-order valence-electron chi connectivity index (χ4n) is 2.55. The van der Waals surface area contributed by atoms with Crippen LogP contribution in [-0.2, 0) is 6.18 Å². The number of carbonyl (C=O) groups excluding carboxylic acids is 1. The fraction of sp³-hybridized carbons (Fsp3) is 0.375. The smallest absolute Gasteiger partial charge is 0.349 e. The molecule has 1 aromatic heterocycles. The molecule has 128 valence electrons. The van der Waals surface area contributed by atoms with E-state index in [2.05, 4.69) is 15.6 Å². The van der Waals surface area contributed by atoms with Crippen molar-refractivity contribution in [2.24, 2.45) is 0 Å². The lowest BCUT2D eigenvalue weighted by atomic mass is 10.1. The average Bonchev–Trinajstić information content (AvgIpc) is 3.23. The lowest BCUT2D eigenvalue weighted by Crippen LogP contribution is -2.37. The van der Waals surface area contributed by atoms with E-state index in [1.54, 1.807) is 5.38 Å². The largest absolute Gasteiger partial charge is 0.416 e. The Balaban J connectivity index is 1.65. The normalized spacial score (nSPS) is 17.9. The molecule has 1 amide bonds. The fourth-order valence-corrected chi connectivity index (χ4v) is 3.36. The van der Waals surface area contributed by atoms with E-state index in [1.807, 2.05) is 0 Å². The second-order valence-corrected chi connectivity index (χ2v) is 6.47. The SMILES string of the molecule is O=C(NCC1CCCN1)c1csc(-c2ccc(C(F)(F)F)cc2)n1. The molecule has 1 unspecified atom stereocenters. The molecule has 1 aliphatic rings. The zero-order valence-electron chi connectivity index (χ0n) is 12.7. The van der Waals surface area contributed by atoms with Crippen molar-refractivity contribution in [1.82, 2.24) is 15.6 Å². The number of benzene rings is 1. The molecule has 4 nitrogen and oxygen atoms in total. The number of rotatable bonds is 4. The zero-order chi connectivity index (χ0) is 17.2. The minimum atomic E-state index is -4.36. The highest BCUT2D eigenvalue weighted by Gasteiger charge is 2.30. The van der Waals surface area contributed by atoms with Crippen LogP contribution in [-0.4, -0.2) is 30.0 Å². The topological polar surface area (TPSA) is 54.0 Å². The summed E-state index contributed by atoms with van der Waals surface area (Å²) >= 11 is 1.23. The van der Waals surface area contributed by atoms with E-state index in [0.29, 0.717) is 23.2 Å². The van der Waals surface area contributed by atoms with Gasteiger partial charge in [0.15, 0.2) is 0 Å². The van der Waals surface area contributed by atoms with Gasteiger partial charge in [0.1, 0.15) is 10.7 Å². The molecule has 1 aliphatic heterocycles. The van der Waals surface area contributed by atoms with Crippen molar-refractivity contribution >= 4 is 17.2 Å². The van der Waals surface area contributed by atoms with E-state index in [4.69, 9.17) is 0 Å². The van der Waals surface area contributed by atoms with E-state index in [9.17, 15) is 18.0 Å².